The number of nitrogens with one attached hydrogen (secondary N) is 1. The minimum absolute atomic E-state index is 0.00609. The molecule has 0 radical (unpaired) electrons. The molecule has 1 aliphatic rings. The highest BCUT2D eigenvalue weighted by Crippen LogP contribution is 2.32. The van der Waals surface area contributed by atoms with Crippen molar-refractivity contribution in [1.29, 1.82) is 0 Å². The molecule has 0 bridgehead atoms. The molecule has 1 fully saturated rings. The third kappa shape index (κ3) is 4.84. The van der Waals surface area contributed by atoms with E-state index in [0.29, 0.717) is 0 Å². The molecule has 1 unspecified atom stereocenters. The Balaban J connectivity index is 2.42. The fraction of sp³-hybridized carbons (Fsp3) is 1.00. The molecule has 0 aromatic heterocycles. The molecule has 0 aromatic carbocycles. The van der Waals surface area contributed by atoms with Crippen molar-refractivity contribution >= 4 is 0 Å². The van der Waals surface area contributed by atoms with Crippen molar-refractivity contribution in [3.05, 3.63) is 0 Å². The molecular formula is C10H19F3N2. The zero-order valence-corrected chi connectivity index (χ0v) is 9.27. The van der Waals surface area contributed by atoms with E-state index in [2.05, 4.69) is 5.32 Å². The van der Waals surface area contributed by atoms with Gasteiger partial charge < -0.3 is 5.32 Å². The van der Waals surface area contributed by atoms with Gasteiger partial charge in [0.1, 0.15) is 0 Å². The lowest BCUT2D eigenvalue weighted by Crippen LogP contribution is -2.42. The maximum Gasteiger partial charge on any atom is 0.401 e. The normalized spacial score (nSPS) is 19.6. The summed E-state index contributed by atoms with van der Waals surface area (Å²) in [6.45, 7) is 1.88. The predicted molar refractivity (Wildman–Crippen MR) is 53.8 cm³/mol. The lowest BCUT2D eigenvalue weighted by Gasteiger charge is -2.29. The van der Waals surface area contributed by atoms with E-state index in [1.807, 2.05) is 14.0 Å². The molecule has 1 atom stereocenters. The second-order valence-electron chi connectivity index (χ2n) is 4.26. The van der Waals surface area contributed by atoms with E-state index < -0.39 is 12.7 Å². The van der Waals surface area contributed by atoms with E-state index in [-0.39, 0.29) is 12.1 Å². The van der Waals surface area contributed by atoms with Crippen molar-refractivity contribution in [2.24, 2.45) is 0 Å². The minimum atomic E-state index is -4.07. The van der Waals surface area contributed by atoms with Crippen LogP contribution in [0.3, 0.4) is 0 Å². The van der Waals surface area contributed by atoms with Gasteiger partial charge in [-0.1, -0.05) is 0 Å². The molecule has 1 rings (SSSR count). The molecule has 2 nitrogen and oxygen atoms in total. The summed E-state index contributed by atoms with van der Waals surface area (Å²) in [6.07, 6.45) is -1.47. The van der Waals surface area contributed by atoms with E-state index in [4.69, 9.17) is 0 Å². The Hall–Kier alpha value is -0.290. The lowest BCUT2D eigenvalue weighted by molar-refractivity contribution is -0.151. The Morgan fingerprint density at radius 3 is 2.40 bits per heavy atom. The summed E-state index contributed by atoms with van der Waals surface area (Å²) in [5.41, 5.74) is 0. The van der Waals surface area contributed by atoms with Crippen molar-refractivity contribution in [2.45, 2.75) is 44.4 Å². The monoisotopic (exact) mass is 224 g/mol. The fourth-order valence-corrected chi connectivity index (χ4v) is 1.78. The first-order valence-corrected chi connectivity index (χ1v) is 5.41. The Bertz CT molecular complexity index is 190. The molecule has 1 N–H and O–H groups in total. The summed E-state index contributed by atoms with van der Waals surface area (Å²) < 4.78 is 37.0. The van der Waals surface area contributed by atoms with Gasteiger partial charge in [-0.05, 0) is 39.8 Å². The highest BCUT2D eigenvalue weighted by Gasteiger charge is 2.39. The summed E-state index contributed by atoms with van der Waals surface area (Å²) in [5.74, 6) is 0. The topological polar surface area (TPSA) is 15.3 Å². The highest BCUT2D eigenvalue weighted by molar-refractivity contribution is 4.88. The Kier molecular flexibility index (Phi) is 4.40. The van der Waals surface area contributed by atoms with Crippen LogP contribution in [0.5, 0.6) is 0 Å². The number of hydrogen-bond acceptors (Lipinski definition) is 2. The van der Waals surface area contributed by atoms with Gasteiger partial charge in [0.05, 0.1) is 6.54 Å². The number of nitrogens with zero attached hydrogens (tertiary/aromatic N) is 1. The summed E-state index contributed by atoms with van der Waals surface area (Å²) >= 11 is 0. The zero-order valence-electron chi connectivity index (χ0n) is 9.27. The van der Waals surface area contributed by atoms with E-state index in [1.54, 1.807) is 4.90 Å². The second-order valence-corrected chi connectivity index (χ2v) is 4.26. The van der Waals surface area contributed by atoms with Gasteiger partial charge in [0.25, 0.3) is 0 Å². The van der Waals surface area contributed by atoms with Crippen LogP contribution in [-0.2, 0) is 0 Å². The molecule has 0 aliphatic heterocycles. The van der Waals surface area contributed by atoms with Crippen LogP contribution in [0.1, 0.15) is 26.2 Å². The van der Waals surface area contributed by atoms with Gasteiger partial charge in [-0.2, -0.15) is 13.2 Å². The van der Waals surface area contributed by atoms with Crippen LogP contribution in [0, 0.1) is 0 Å². The quantitative estimate of drug-likeness (QED) is 0.742. The van der Waals surface area contributed by atoms with Crippen LogP contribution in [0.4, 0.5) is 13.2 Å². The Morgan fingerprint density at radius 2 is 2.00 bits per heavy atom. The van der Waals surface area contributed by atoms with Crippen LogP contribution in [0.25, 0.3) is 0 Å². The maximum atomic E-state index is 12.3. The third-order valence-electron chi connectivity index (χ3n) is 2.76. The molecular weight excluding hydrogens is 205 g/mol. The first-order valence-electron chi connectivity index (χ1n) is 5.41. The third-order valence-corrected chi connectivity index (χ3v) is 2.76. The van der Waals surface area contributed by atoms with E-state index >= 15 is 0 Å². The van der Waals surface area contributed by atoms with E-state index in [0.717, 1.165) is 25.8 Å². The summed E-state index contributed by atoms with van der Waals surface area (Å²) in [5, 5.41) is 2.97. The zero-order chi connectivity index (χ0) is 11.5. The molecule has 1 saturated carbocycles. The predicted octanol–water partition coefficient (Wildman–Crippen LogP) is 2.01. The van der Waals surface area contributed by atoms with Gasteiger partial charge in [0.2, 0.25) is 0 Å². The van der Waals surface area contributed by atoms with Crippen LogP contribution >= 0.6 is 0 Å². The molecule has 90 valence electrons. The fourth-order valence-electron chi connectivity index (χ4n) is 1.78. The second kappa shape index (κ2) is 5.16. The van der Waals surface area contributed by atoms with E-state index in [9.17, 15) is 13.2 Å². The van der Waals surface area contributed by atoms with Gasteiger partial charge in [-0.15, -0.1) is 0 Å². The lowest BCUT2D eigenvalue weighted by atomic mass is 10.2. The van der Waals surface area contributed by atoms with Crippen LogP contribution in [-0.4, -0.2) is 43.3 Å². The Morgan fingerprint density at radius 1 is 1.40 bits per heavy atom. The van der Waals surface area contributed by atoms with E-state index in [1.165, 1.54) is 0 Å². The molecule has 0 amide bonds. The average Bonchev–Trinajstić information content (AvgIpc) is 2.92. The van der Waals surface area contributed by atoms with Gasteiger partial charge in [-0.25, -0.2) is 0 Å². The van der Waals surface area contributed by atoms with Crippen molar-refractivity contribution in [2.75, 3.05) is 20.1 Å². The molecule has 1 aliphatic carbocycles. The smallest absolute Gasteiger partial charge is 0.320 e. The molecule has 15 heavy (non-hydrogen) atoms. The molecule has 5 heteroatoms. The van der Waals surface area contributed by atoms with Crippen LogP contribution < -0.4 is 5.32 Å². The number of halogens is 3. The van der Waals surface area contributed by atoms with Crippen LogP contribution in [0.2, 0.25) is 0 Å². The average molecular weight is 224 g/mol. The van der Waals surface area contributed by atoms with Crippen molar-refractivity contribution in [3.8, 4) is 0 Å². The Labute approximate surface area is 88.8 Å². The van der Waals surface area contributed by atoms with Crippen LogP contribution in [0.15, 0.2) is 0 Å². The molecule has 0 aromatic rings. The summed E-state index contributed by atoms with van der Waals surface area (Å²) in [7, 11) is 1.82. The maximum absolute atomic E-state index is 12.3. The molecule has 0 heterocycles. The first-order chi connectivity index (χ1) is 6.94. The minimum Gasteiger partial charge on any atom is -0.320 e. The van der Waals surface area contributed by atoms with Gasteiger partial charge in [0, 0.05) is 12.1 Å². The van der Waals surface area contributed by atoms with Crippen molar-refractivity contribution < 1.29 is 13.2 Å². The standard InChI is InChI=1S/C10H19F3N2/c1-8(5-6-14-2)15(9-3-4-9)7-10(11,12)13/h8-9,14H,3-7H2,1-2H3. The largest absolute Gasteiger partial charge is 0.401 e. The molecule has 0 saturated heterocycles. The van der Waals surface area contributed by atoms with Gasteiger partial charge in [-0.3, -0.25) is 4.90 Å². The van der Waals surface area contributed by atoms with Crippen molar-refractivity contribution in [1.82, 2.24) is 10.2 Å². The van der Waals surface area contributed by atoms with Gasteiger partial charge in [0.15, 0.2) is 0 Å². The van der Waals surface area contributed by atoms with Crippen molar-refractivity contribution in [3.63, 3.8) is 0 Å². The number of alkyl halides is 3. The summed E-state index contributed by atoms with van der Waals surface area (Å²) in [4.78, 5) is 1.59. The molecule has 0 spiro atoms. The SMILES string of the molecule is CNCCC(C)N(CC(F)(F)F)C1CC1. The summed E-state index contributed by atoms with van der Waals surface area (Å²) in [6, 6.07) is 0.171. The van der Waals surface area contributed by atoms with Gasteiger partial charge >= 0.3 is 6.18 Å². The number of rotatable bonds is 6. The number of hydrogen-bond donors (Lipinski definition) is 1. The highest BCUT2D eigenvalue weighted by atomic mass is 19.4. The first kappa shape index (κ1) is 12.8.